The van der Waals surface area contributed by atoms with E-state index in [0.29, 0.717) is 19.1 Å². The molecule has 1 aromatic rings. The largest absolute Gasteiger partial charge is 0.355 e. The molecule has 2 rings (SSSR count). The number of piperazine rings is 1. The van der Waals surface area contributed by atoms with E-state index in [2.05, 4.69) is 28.0 Å². The van der Waals surface area contributed by atoms with Crippen LogP contribution in [-0.2, 0) is 11.3 Å². The molecule has 6 nitrogen and oxygen atoms in total. The molecule has 18 heavy (non-hydrogen) atoms. The van der Waals surface area contributed by atoms with Crippen molar-refractivity contribution >= 4 is 5.91 Å². The number of nitrogens with one attached hydrogen (secondary N) is 3. The maximum atomic E-state index is 11.8. The minimum atomic E-state index is -0.106. The number of carbonyl (C=O) groups excluding carboxylic acids is 1. The summed E-state index contributed by atoms with van der Waals surface area (Å²) in [6, 6.07) is 2.23. The molecule has 2 unspecified atom stereocenters. The van der Waals surface area contributed by atoms with Crippen LogP contribution in [0.4, 0.5) is 0 Å². The number of aromatic nitrogens is 2. The van der Waals surface area contributed by atoms with Gasteiger partial charge >= 0.3 is 0 Å². The highest BCUT2D eigenvalue weighted by molar-refractivity contribution is 5.82. The van der Waals surface area contributed by atoms with E-state index in [1.165, 1.54) is 0 Å². The lowest BCUT2D eigenvalue weighted by Crippen LogP contribution is -2.58. The van der Waals surface area contributed by atoms with Gasteiger partial charge in [0.25, 0.3) is 0 Å². The summed E-state index contributed by atoms with van der Waals surface area (Å²) < 4.78 is 1.87. The second-order valence-electron chi connectivity index (χ2n) is 4.68. The average molecular weight is 251 g/mol. The highest BCUT2D eigenvalue weighted by Gasteiger charge is 2.22. The molecule has 100 valence electrons. The van der Waals surface area contributed by atoms with Gasteiger partial charge in [-0.2, -0.15) is 5.10 Å². The number of aryl methyl sites for hydroxylation is 1. The first-order chi connectivity index (χ1) is 8.75. The Bertz CT molecular complexity index is 357. The van der Waals surface area contributed by atoms with E-state index >= 15 is 0 Å². The van der Waals surface area contributed by atoms with E-state index in [1.807, 2.05) is 16.9 Å². The van der Waals surface area contributed by atoms with E-state index < -0.39 is 0 Å². The van der Waals surface area contributed by atoms with E-state index in [0.717, 1.165) is 19.5 Å². The first kappa shape index (κ1) is 13.0. The van der Waals surface area contributed by atoms with Crippen molar-refractivity contribution in [3.63, 3.8) is 0 Å². The third-order valence-electron chi connectivity index (χ3n) is 3.08. The van der Waals surface area contributed by atoms with Gasteiger partial charge in [-0.25, -0.2) is 0 Å². The molecule has 1 saturated heterocycles. The summed E-state index contributed by atoms with van der Waals surface area (Å²) in [5.41, 5.74) is 0. The Morgan fingerprint density at radius 1 is 1.50 bits per heavy atom. The van der Waals surface area contributed by atoms with Crippen LogP contribution < -0.4 is 16.0 Å². The minimum Gasteiger partial charge on any atom is -0.355 e. The molecule has 0 aliphatic carbocycles. The topological polar surface area (TPSA) is 71.0 Å². The maximum Gasteiger partial charge on any atom is 0.238 e. The van der Waals surface area contributed by atoms with Crippen molar-refractivity contribution < 1.29 is 4.79 Å². The van der Waals surface area contributed by atoms with Gasteiger partial charge in [0.05, 0.1) is 6.04 Å². The fraction of sp³-hybridized carbons (Fsp3) is 0.667. The Labute approximate surface area is 107 Å². The van der Waals surface area contributed by atoms with Crippen LogP contribution in [0.1, 0.15) is 13.3 Å². The summed E-state index contributed by atoms with van der Waals surface area (Å²) in [6.45, 7) is 5.16. The zero-order valence-corrected chi connectivity index (χ0v) is 10.7. The smallest absolute Gasteiger partial charge is 0.238 e. The van der Waals surface area contributed by atoms with Crippen molar-refractivity contribution in [3.8, 4) is 0 Å². The summed E-state index contributed by atoms with van der Waals surface area (Å²) in [4.78, 5) is 11.8. The molecule has 1 aliphatic rings. The number of amides is 1. The molecule has 0 bridgehead atoms. The van der Waals surface area contributed by atoms with Gasteiger partial charge in [-0.15, -0.1) is 0 Å². The summed E-state index contributed by atoms with van der Waals surface area (Å²) in [5.74, 6) is 0.0786. The highest BCUT2D eigenvalue weighted by atomic mass is 16.2. The van der Waals surface area contributed by atoms with Gasteiger partial charge in [0.1, 0.15) is 0 Å². The van der Waals surface area contributed by atoms with Gasteiger partial charge in [-0.1, -0.05) is 0 Å². The van der Waals surface area contributed by atoms with E-state index in [9.17, 15) is 4.79 Å². The normalized spacial score (nSPS) is 23.8. The van der Waals surface area contributed by atoms with Crippen LogP contribution in [0.3, 0.4) is 0 Å². The molecule has 0 spiro atoms. The third kappa shape index (κ3) is 3.82. The van der Waals surface area contributed by atoms with Crippen molar-refractivity contribution in [1.29, 1.82) is 0 Å². The summed E-state index contributed by atoms with van der Waals surface area (Å²) >= 11 is 0. The molecule has 0 saturated carbocycles. The lowest BCUT2D eigenvalue weighted by molar-refractivity contribution is -0.123. The lowest BCUT2D eigenvalue weighted by atomic mass is 10.1. The molecule has 1 fully saturated rings. The Hall–Kier alpha value is -1.40. The number of carbonyl (C=O) groups is 1. The number of hydrogen-bond donors (Lipinski definition) is 3. The molecule has 3 N–H and O–H groups in total. The van der Waals surface area contributed by atoms with E-state index in [1.54, 1.807) is 6.20 Å². The second-order valence-corrected chi connectivity index (χ2v) is 4.68. The number of rotatable bonds is 5. The Morgan fingerprint density at radius 3 is 3.06 bits per heavy atom. The first-order valence-electron chi connectivity index (χ1n) is 6.47. The van der Waals surface area contributed by atoms with Crippen molar-refractivity contribution in [3.05, 3.63) is 18.5 Å². The second kappa shape index (κ2) is 6.51. The Morgan fingerprint density at radius 2 is 2.39 bits per heavy atom. The Balaban J connectivity index is 1.60. The standard InChI is InChI=1S/C12H21N5O/c1-10-8-15-11(9-14-10)12(18)13-4-2-6-17-7-3-5-16-17/h3,5,7,10-11,14-15H,2,4,6,8-9H2,1H3,(H,13,18). The van der Waals surface area contributed by atoms with Gasteiger partial charge in [-0.05, 0) is 19.4 Å². The van der Waals surface area contributed by atoms with Crippen LogP contribution >= 0.6 is 0 Å². The molecular weight excluding hydrogens is 230 g/mol. The van der Waals surface area contributed by atoms with Crippen molar-refractivity contribution in [1.82, 2.24) is 25.7 Å². The SMILES string of the molecule is CC1CNC(C(=O)NCCCn2cccn2)CN1. The highest BCUT2D eigenvalue weighted by Crippen LogP contribution is 1.94. The van der Waals surface area contributed by atoms with E-state index in [4.69, 9.17) is 0 Å². The fourth-order valence-electron chi connectivity index (χ4n) is 1.98. The van der Waals surface area contributed by atoms with Gasteiger partial charge in [0.15, 0.2) is 0 Å². The van der Waals surface area contributed by atoms with Crippen LogP contribution in [0.15, 0.2) is 18.5 Å². The van der Waals surface area contributed by atoms with Crippen LogP contribution in [0.25, 0.3) is 0 Å². The van der Waals surface area contributed by atoms with Crippen LogP contribution in [-0.4, -0.2) is 47.4 Å². The van der Waals surface area contributed by atoms with Crippen LogP contribution in [0, 0.1) is 0 Å². The molecule has 0 aromatic carbocycles. The van der Waals surface area contributed by atoms with Gasteiger partial charge in [0, 0.05) is 44.6 Å². The fourth-order valence-corrected chi connectivity index (χ4v) is 1.98. The molecule has 1 aromatic heterocycles. The third-order valence-corrected chi connectivity index (χ3v) is 3.08. The molecule has 2 heterocycles. The van der Waals surface area contributed by atoms with Crippen LogP contribution in [0.2, 0.25) is 0 Å². The maximum absolute atomic E-state index is 11.8. The van der Waals surface area contributed by atoms with Crippen LogP contribution in [0.5, 0.6) is 0 Å². The molecular formula is C12H21N5O. The van der Waals surface area contributed by atoms with Gasteiger partial charge in [0.2, 0.25) is 5.91 Å². The molecule has 1 amide bonds. The first-order valence-corrected chi connectivity index (χ1v) is 6.47. The predicted molar refractivity (Wildman–Crippen MR) is 69.1 cm³/mol. The van der Waals surface area contributed by atoms with E-state index in [-0.39, 0.29) is 11.9 Å². The van der Waals surface area contributed by atoms with Gasteiger partial charge < -0.3 is 16.0 Å². The average Bonchev–Trinajstić information content (AvgIpc) is 2.88. The predicted octanol–water partition coefficient (Wildman–Crippen LogP) is -0.661. The summed E-state index contributed by atoms with van der Waals surface area (Å²) in [7, 11) is 0. The zero-order valence-electron chi connectivity index (χ0n) is 10.7. The van der Waals surface area contributed by atoms with Crippen molar-refractivity contribution in [2.24, 2.45) is 0 Å². The van der Waals surface area contributed by atoms with Gasteiger partial charge in [-0.3, -0.25) is 9.48 Å². The zero-order chi connectivity index (χ0) is 12.8. The summed E-state index contributed by atoms with van der Waals surface area (Å²) in [5, 5.41) is 13.6. The number of hydrogen-bond acceptors (Lipinski definition) is 4. The molecule has 0 radical (unpaired) electrons. The molecule has 6 heteroatoms. The monoisotopic (exact) mass is 251 g/mol. The lowest BCUT2D eigenvalue weighted by Gasteiger charge is -2.28. The molecule has 2 atom stereocenters. The van der Waals surface area contributed by atoms with Crippen molar-refractivity contribution in [2.75, 3.05) is 19.6 Å². The summed E-state index contributed by atoms with van der Waals surface area (Å²) in [6.07, 6.45) is 4.58. The minimum absolute atomic E-state index is 0.0786. The van der Waals surface area contributed by atoms with Crippen molar-refractivity contribution in [2.45, 2.75) is 32.0 Å². The number of nitrogens with zero attached hydrogens (tertiary/aromatic N) is 2. The molecule has 1 aliphatic heterocycles. The Kier molecular flexibility index (Phi) is 4.72. The quantitative estimate of drug-likeness (QED) is 0.608.